The predicted molar refractivity (Wildman–Crippen MR) is 101 cm³/mol. The maximum Gasteiger partial charge on any atom is 0.258 e. The van der Waals surface area contributed by atoms with Gasteiger partial charge in [-0.3, -0.25) is 4.79 Å². The molecule has 2 aromatic rings. The second kappa shape index (κ2) is 7.17. The molecule has 2 heterocycles. The van der Waals surface area contributed by atoms with Crippen molar-refractivity contribution in [2.45, 2.75) is 19.4 Å². The number of quaternary nitrogens is 1. The molecule has 0 unspecified atom stereocenters. The van der Waals surface area contributed by atoms with Crippen LogP contribution < -0.4 is 20.9 Å². The maximum absolute atomic E-state index is 13.3. The van der Waals surface area contributed by atoms with Crippen LogP contribution in [0.15, 0.2) is 46.6 Å². The first-order valence-corrected chi connectivity index (χ1v) is 8.73. The molecule has 3 rings (SSSR count). The van der Waals surface area contributed by atoms with Crippen LogP contribution in [-0.4, -0.2) is 30.3 Å². The number of aromatic hydroxyl groups is 1. The van der Waals surface area contributed by atoms with Crippen molar-refractivity contribution in [3.8, 4) is 17.6 Å². The lowest BCUT2D eigenvalue weighted by Gasteiger charge is -2.27. The Kier molecular flexibility index (Phi) is 4.93. The molecule has 4 N–H and O–H groups in total. The van der Waals surface area contributed by atoms with Crippen LogP contribution in [0.3, 0.4) is 0 Å². The molecule has 1 aromatic heterocycles. The molecule has 140 valence electrons. The Bertz CT molecular complexity index is 998. The smallest absolute Gasteiger partial charge is 0.258 e. The van der Waals surface area contributed by atoms with Gasteiger partial charge in [0.25, 0.3) is 5.56 Å². The highest BCUT2D eigenvalue weighted by Gasteiger charge is 2.34. The zero-order valence-electron chi connectivity index (χ0n) is 15.6. The van der Waals surface area contributed by atoms with Crippen molar-refractivity contribution in [1.29, 1.82) is 5.26 Å². The summed E-state index contributed by atoms with van der Waals surface area (Å²) in [6, 6.07) is 10.3. The lowest BCUT2D eigenvalue weighted by molar-refractivity contribution is -0.858. The molecule has 7 nitrogen and oxygen atoms in total. The van der Waals surface area contributed by atoms with Gasteiger partial charge in [-0.05, 0) is 24.6 Å². The number of nitrogens with two attached hydrogens (primary N) is 1. The number of phenols is 1. The number of pyridine rings is 1. The van der Waals surface area contributed by atoms with Crippen LogP contribution in [0.2, 0.25) is 0 Å². The summed E-state index contributed by atoms with van der Waals surface area (Å²) in [5.74, 6) is -0.153. The van der Waals surface area contributed by atoms with Gasteiger partial charge in [-0.25, -0.2) is 0 Å². The number of aryl methyl sites for hydroxylation is 1. The first kappa shape index (κ1) is 18.5. The quantitative estimate of drug-likeness (QED) is 0.717. The summed E-state index contributed by atoms with van der Waals surface area (Å²) in [4.78, 5) is 14.5. The fourth-order valence-corrected chi connectivity index (χ4v) is 3.30. The van der Waals surface area contributed by atoms with Crippen molar-refractivity contribution in [3.05, 3.63) is 69.0 Å². The van der Waals surface area contributed by atoms with E-state index in [1.54, 1.807) is 22.8 Å². The van der Waals surface area contributed by atoms with Crippen LogP contribution in [0, 0.1) is 18.3 Å². The van der Waals surface area contributed by atoms with Crippen LogP contribution in [0.4, 0.5) is 0 Å². The van der Waals surface area contributed by atoms with Crippen LogP contribution in [0.25, 0.3) is 0 Å². The van der Waals surface area contributed by atoms with Gasteiger partial charge in [0.05, 0.1) is 38.7 Å². The van der Waals surface area contributed by atoms with E-state index in [-0.39, 0.29) is 22.8 Å². The fraction of sp³-hybridized carbons (Fsp3) is 0.300. The fourth-order valence-electron chi connectivity index (χ4n) is 3.30. The summed E-state index contributed by atoms with van der Waals surface area (Å²) >= 11 is 0. The second-order valence-electron chi connectivity index (χ2n) is 6.99. The molecule has 0 fully saturated rings. The van der Waals surface area contributed by atoms with E-state index in [4.69, 9.17) is 10.5 Å². The predicted octanol–water partition coefficient (Wildman–Crippen LogP) is 0.225. The van der Waals surface area contributed by atoms with E-state index >= 15 is 0 Å². The first-order chi connectivity index (χ1) is 12.8. The zero-order chi connectivity index (χ0) is 19.7. The van der Waals surface area contributed by atoms with E-state index in [9.17, 15) is 15.2 Å². The molecule has 1 aliphatic rings. The summed E-state index contributed by atoms with van der Waals surface area (Å²) in [6.45, 7) is 3.20. The van der Waals surface area contributed by atoms with Gasteiger partial charge in [-0.15, -0.1) is 0 Å². The Labute approximate surface area is 157 Å². The number of fused-ring (bicyclic) bond motifs is 1. The number of phenolic OH excluding ortho intramolecular Hbond substituents is 1. The first-order valence-electron chi connectivity index (χ1n) is 8.73. The molecule has 27 heavy (non-hydrogen) atoms. The minimum atomic E-state index is -0.634. The average Bonchev–Trinajstić information content (AvgIpc) is 2.61. The molecule has 0 aliphatic carbocycles. The Morgan fingerprint density at radius 3 is 2.59 bits per heavy atom. The summed E-state index contributed by atoms with van der Waals surface area (Å²) in [7, 11) is 4.05. The van der Waals surface area contributed by atoms with Crippen molar-refractivity contribution >= 4 is 0 Å². The number of nitriles is 1. The average molecular weight is 367 g/mol. The number of likely N-dealkylation sites (N-methyl/N-ethyl adjacent to an activating group) is 1. The van der Waals surface area contributed by atoms with Crippen molar-refractivity contribution in [2.75, 3.05) is 20.6 Å². The molecule has 7 heteroatoms. The van der Waals surface area contributed by atoms with Crippen LogP contribution in [-0.2, 0) is 6.54 Å². The van der Waals surface area contributed by atoms with Crippen molar-refractivity contribution < 1.29 is 14.7 Å². The molecule has 0 saturated heterocycles. The lowest BCUT2D eigenvalue weighted by Crippen LogP contribution is -3.06. The van der Waals surface area contributed by atoms with E-state index in [1.807, 2.05) is 21.0 Å². The highest BCUT2D eigenvalue weighted by molar-refractivity contribution is 5.55. The van der Waals surface area contributed by atoms with E-state index in [0.717, 1.165) is 12.2 Å². The molecular formula is C20H23N4O3+. The third-order valence-corrected chi connectivity index (χ3v) is 4.75. The summed E-state index contributed by atoms with van der Waals surface area (Å²) in [5.41, 5.74) is 7.84. The molecule has 0 bridgehead atoms. The number of nitrogens with one attached hydrogen (secondary N) is 1. The Morgan fingerprint density at radius 2 is 2.00 bits per heavy atom. The molecule has 1 aliphatic heterocycles. The molecule has 0 saturated carbocycles. The molecule has 0 radical (unpaired) electrons. The van der Waals surface area contributed by atoms with E-state index in [0.29, 0.717) is 23.4 Å². The molecule has 1 aromatic carbocycles. The number of hydrogen-bond donors (Lipinski definition) is 3. The van der Waals surface area contributed by atoms with E-state index < -0.39 is 5.92 Å². The summed E-state index contributed by atoms with van der Waals surface area (Å²) in [5, 5.41) is 19.2. The molecule has 0 spiro atoms. The number of nitrogens with zero attached hydrogens (tertiary/aromatic N) is 2. The molecule has 0 amide bonds. The van der Waals surface area contributed by atoms with Crippen molar-refractivity contribution in [2.24, 2.45) is 5.73 Å². The van der Waals surface area contributed by atoms with Gasteiger partial charge in [-0.1, -0.05) is 12.1 Å². The minimum Gasteiger partial charge on any atom is -0.508 e. The molecular weight excluding hydrogens is 344 g/mol. The number of ether oxygens (including phenoxy) is 1. The number of hydrogen-bond acceptors (Lipinski definition) is 5. The highest BCUT2D eigenvalue weighted by Crippen LogP contribution is 2.40. The van der Waals surface area contributed by atoms with Gasteiger partial charge in [-0.2, -0.15) is 5.26 Å². The number of rotatable bonds is 4. The normalized spacial score (nSPS) is 16.0. The van der Waals surface area contributed by atoms with Gasteiger partial charge < -0.3 is 25.0 Å². The molecule has 1 atom stereocenters. The zero-order valence-corrected chi connectivity index (χ0v) is 15.6. The van der Waals surface area contributed by atoms with Gasteiger partial charge in [0, 0.05) is 11.8 Å². The minimum absolute atomic E-state index is 0.00244. The monoisotopic (exact) mass is 367 g/mol. The van der Waals surface area contributed by atoms with E-state index in [2.05, 4.69) is 6.07 Å². The van der Waals surface area contributed by atoms with Gasteiger partial charge in [0.1, 0.15) is 23.1 Å². The van der Waals surface area contributed by atoms with Crippen molar-refractivity contribution in [1.82, 2.24) is 4.57 Å². The highest BCUT2D eigenvalue weighted by atomic mass is 16.5. The number of allylic oxidation sites excluding steroid dienone is 1. The topological polar surface area (TPSA) is 106 Å². The van der Waals surface area contributed by atoms with Crippen LogP contribution in [0.5, 0.6) is 11.5 Å². The van der Waals surface area contributed by atoms with Crippen molar-refractivity contribution in [3.63, 3.8) is 0 Å². The van der Waals surface area contributed by atoms with Gasteiger partial charge in [0.2, 0.25) is 5.88 Å². The van der Waals surface area contributed by atoms with Crippen LogP contribution >= 0.6 is 0 Å². The maximum atomic E-state index is 13.3. The third-order valence-electron chi connectivity index (χ3n) is 4.75. The van der Waals surface area contributed by atoms with Crippen LogP contribution in [0.1, 0.15) is 22.7 Å². The number of benzene rings is 1. The summed E-state index contributed by atoms with van der Waals surface area (Å²) < 4.78 is 7.33. The van der Waals surface area contributed by atoms with Gasteiger partial charge in [0.15, 0.2) is 0 Å². The standard InChI is InChI=1S/C20H22N4O3/c1-12-10-16-18(20(26)24(12)9-8-23(2)3)17(15(11-21)19(22)27-16)13-4-6-14(25)7-5-13/h4-7,10,17,25H,8-9,22H2,1-3H3/p+1/t17-/m0/s1. The SMILES string of the molecule is Cc1cc2c(c(=O)n1CC[NH+](C)C)[C@@H](c1ccc(O)cc1)C(C#N)=C(N)O2. The summed E-state index contributed by atoms with van der Waals surface area (Å²) in [6.07, 6.45) is 0. The number of aromatic nitrogens is 1. The Morgan fingerprint density at radius 1 is 1.33 bits per heavy atom. The Hall–Kier alpha value is -3.24. The van der Waals surface area contributed by atoms with E-state index in [1.165, 1.54) is 17.0 Å². The second-order valence-corrected chi connectivity index (χ2v) is 6.99. The lowest BCUT2D eigenvalue weighted by atomic mass is 9.84. The Balaban J connectivity index is 2.22. The largest absolute Gasteiger partial charge is 0.508 e. The van der Waals surface area contributed by atoms with Gasteiger partial charge >= 0.3 is 0 Å². The third kappa shape index (κ3) is 3.39.